The van der Waals surface area contributed by atoms with Crippen molar-refractivity contribution in [2.45, 2.75) is 90.6 Å². The van der Waals surface area contributed by atoms with E-state index in [1.807, 2.05) is 6.07 Å². The molecule has 4 fully saturated rings. The fourth-order valence-electron chi connectivity index (χ4n) is 8.45. The first-order valence-electron chi connectivity index (χ1n) is 13.1. The molecule has 0 aromatic carbocycles. The Morgan fingerprint density at radius 3 is 2.57 bits per heavy atom. The molecule has 0 N–H and O–H groups in total. The molecule has 0 amide bonds. The highest BCUT2D eigenvalue weighted by atomic mass is 16.6. The van der Waals surface area contributed by atoms with Crippen molar-refractivity contribution >= 4 is 17.9 Å². The monoisotopic (exact) mass is 514 g/mol. The lowest BCUT2D eigenvalue weighted by molar-refractivity contribution is -0.314. The number of carbonyl (C=O) groups is 3. The van der Waals surface area contributed by atoms with Gasteiger partial charge in [-0.1, -0.05) is 34.3 Å². The lowest BCUT2D eigenvalue weighted by Gasteiger charge is -2.71. The summed E-state index contributed by atoms with van der Waals surface area (Å²) in [4.78, 5) is 37.9. The number of methoxy groups -OCH3 is 1. The van der Waals surface area contributed by atoms with Crippen LogP contribution in [0.15, 0.2) is 35.2 Å². The predicted octanol–water partition coefficient (Wildman–Crippen LogP) is 4.92. The van der Waals surface area contributed by atoms with Crippen molar-refractivity contribution in [1.82, 2.24) is 0 Å². The topological polar surface area (TPSA) is 101 Å². The molecule has 2 saturated carbocycles. The summed E-state index contributed by atoms with van der Waals surface area (Å²) in [6, 6.07) is 1.83. The number of furan rings is 1. The quantitative estimate of drug-likeness (QED) is 0.317. The number of carbonyl (C=O) groups excluding carboxylic acids is 3. The fourth-order valence-corrected chi connectivity index (χ4v) is 8.45. The number of hydrogen-bond acceptors (Lipinski definition) is 8. The summed E-state index contributed by atoms with van der Waals surface area (Å²) in [6.07, 6.45) is 4.10. The van der Waals surface area contributed by atoms with E-state index >= 15 is 0 Å². The van der Waals surface area contributed by atoms with E-state index < -0.39 is 34.1 Å². The average Bonchev–Trinajstić information content (AvgIpc) is 3.35. The number of rotatable bonds is 4. The molecule has 2 aliphatic heterocycles. The maximum absolute atomic E-state index is 13.1. The second-order valence-corrected chi connectivity index (χ2v) is 12.4. The molecular formula is C29H38O8. The van der Waals surface area contributed by atoms with Crippen molar-refractivity contribution in [3.05, 3.63) is 36.3 Å². The minimum atomic E-state index is -0.949. The van der Waals surface area contributed by atoms with Crippen molar-refractivity contribution < 1.29 is 37.7 Å². The average molecular weight is 515 g/mol. The van der Waals surface area contributed by atoms with Gasteiger partial charge in [0.25, 0.3) is 0 Å². The number of esters is 3. The van der Waals surface area contributed by atoms with Gasteiger partial charge >= 0.3 is 17.9 Å². The van der Waals surface area contributed by atoms with Crippen LogP contribution in [-0.4, -0.2) is 42.8 Å². The van der Waals surface area contributed by atoms with E-state index in [4.69, 9.17) is 23.4 Å². The van der Waals surface area contributed by atoms with E-state index in [9.17, 15) is 14.4 Å². The third-order valence-corrected chi connectivity index (χ3v) is 10.5. The van der Waals surface area contributed by atoms with Gasteiger partial charge in [-0.3, -0.25) is 14.4 Å². The maximum atomic E-state index is 13.1. The Morgan fingerprint density at radius 1 is 1.22 bits per heavy atom. The summed E-state index contributed by atoms with van der Waals surface area (Å²) in [7, 11) is 1.39. The van der Waals surface area contributed by atoms with Crippen LogP contribution in [0.1, 0.15) is 78.4 Å². The molecule has 3 heterocycles. The molecule has 1 aromatic rings. The Morgan fingerprint density at radius 2 is 1.95 bits per heavy atom. The Kier molecular flexibility index (Phi) is 5.94. The SMILES string of the molecule is C=C1C2CC[C@@]3(C)[C@H](c4ccoc4)OC(=O)C[C@]13O[C@H]1C[C@H](OC(C)=O)C(C)(C)C(CC(=O)OC)[C@@]21C. The molecule has 0 radical (unpaired) electrons. The van der Waals surface area contributed by atoms with Gasteiger partial charge in [0.2, 0.25) is 0 Å². The van der Waals surface area contributed by atoms with E-state index in [1.54, 1.807) is 12.5 Å². The van der Waals surface area contributed by atoms with E-state index in [0.717, 1.165) is 24.0 Å². The van der Waals surface area contributed by atoms with Crippen LogP contribution in [0, 0.1) is 28.1 Å². The third kappa shape index (κ3) is 3.47. The molecular weight excluding hydrogens is 476 g/mol. The highest BCUT2D eigenvalue weighted by molar-refractivity contribution is 5.74. The minimum absolute atomic E-state index is 0.00225. The van der Waals surface area contributed by atoms with E-state index in [2.05, 4.69) is 34.3 Å². The summed E-state index contributed by atoms with van der Waals surface area (Å²) in [6.45, 7) is 14.4. The Bertz CT molecular complexity index is 1120. The molecule has 4 aliphatic rings. The second-order valence-electron chi connectivity index (χ2n) is 12.4. The Hall–Kier alpha value is -2.61. The zero-order chi connectivity index (χ0) is 27.0. The van der Waals surface area contributed by atoms with Crippen LogP contribution in [0.2, 0.25) is 0 Å². The zero-order valence-electron chi connectivity index (χ0n) is 22.6. The minimum Gasteiger partial charge on any atom is -0.472 e. The van der Waals surface area contributed by atoms with Gasteiger partial charge in [0.1, 0.15) is 17.8 Å². The lowest BCUT2D eigenvalue weighted by Crippen LogP contribution is -2.73. The summed E-state index contributed by atoms with van der Waals surface area (Å²) in [5, 5.41) is 0. The van der Waals surface area contributed by atoms with Crippen molar-refractivity contribution in [2.75, 3.05) is 7.11 Å². The molecule has 1 aromatic heterocycles. The van der Waals surface area contributed by atoms with Crippen LogP contribution in [0.5, 0.6) is 0 Å². The van der Waals surface area contributed by atoms with Gasteiger partial charge in [0, 0.05) is 41.6 Å². The second kappa shape index (κ2) is 8.45. The Balaban J connectivity index is 1.63. The van der Waals surface area contributed by atoms with Crippen LogP contribution < -0.4 is 0 Å². The summed E-state index contributed by atoms with van der Waals surface area (Å²) in [5.41, 5.74) is -0.836. The van der Waals surface area contributed by atoms with Gasteiger partial charge in [-0.15, -0.1) is 0 Å². The molecule has 8 heteroatoms. The van der Waals surface area contributed by atoms with Gasteiger partial charge in [-0.05, 0) is 36.3 Å². The van der Waals surface area contributed by atoms with Crippen LogP contribution in [0.3, 0.4) is 0 Å². The van der Waals surface area contributed by atoms with Crippen molar-refractivity contribution in [3.8, 4) is 0 Å². The zero-order valence-corrected chi connectivity index (χ0v) is 22.6. The molecule has 8 nitrogen and oxygen atoms in total. The molecule has 2 saturated heterocycles. The van der Waals surface area contributed by atoms with Crippen LogP contribution in [0.25, 0.3) is 0 Å². The normalized spacial score (nSPS) is 42.2. The molecule has 5 rings (SSSR count). The predicted molar refractivity (Wildman–Crippen MR) is 132 cm³/mol. The van der Waals surface area contributed by atoms with E-state index in [-0.39, 0.29) is 48.7 Å². The molecule has 202 valence electrons. The first-order chi connectivity index (χ1) is 17.3. The van der Waals surface area contributed by atoms with Gasteiger partial charge in [-0.2, -0.15) is 0 Å². The standard InChI is InChI=1S/C29H38O8/c1-16-19-8-10-27(5)25(18-9-11-34-15-18)36-24(32)14-29(16,27)37-22-13-21(35-17(2)30)26(3,4)20(28(19,22)6)12-23(31)33-7/h9,11,15,19-22,25H,1,8,10,12-14H2,2-7H3/t19?,20?,21-,22-,25-,27-,28+,29-/m0/s1. The molecule has 2 aliphatic carbocycles. The van der Waals surface area contributed by atoms with Crippen molar-refractivity contribution in [2.24, 2.45) is 28.1 Å². The van der Waals surface area contributed by atoms with E-state index in [1.165, 1.54) is 14.0 Å². The highest BCUT2D eigenvalue weighted by Gasteiger charge is 2.73. The maximum Gasteiger partial charge on any atom is 0.309 e. The largest absolute Gasteiger partial charge is 0.472 e. The van der Waals surface area contributed by atoms with Gasteiger partial charge in [0.05, 0.1) is 32.2 Å². The van der Waals surface area contributed by atoms with Crippen LogP contribution >= 0.6 is 0 Å². The number of cyclic esters (lactones) is 1. The van der Waals surface area contributed by atoms with Gasteiger partial charge in [0.15, 0.2) is 0 Å². The third-order valence-electron chi connectivity index (χ3n) is 10.5. The molecule has 37 heavy (non-hydrogen) atoms. The summed E-state index contributed by atoms with van der Waals surface area (Å²) in [5.74, 6) is -1.23. The van der Waals surface area contributed by atoms with Crippen LogP contribution in [-0.2, 0) is 33.3 Å². The smallest absolute Gasteiger partial charge is 0.309 e. The fraction of sp³-hybridized carbons (Fsp3) is 0.690. The lowest BCUT2D eigenvalue weighted by atomic mass is 9.41. The molecule has 1 spiro atoms. The van der Waals surface area contributed by atoms with Gasteiger partial charge < -0.3 is 23.4 Å². The highest BCUT2D eigenvalue weighted by Crippen LogP contribution is 2.72. The van der Waals surface area contributed by atoms with Gasteiger partial charge in [-0.25, -0.2) is 0 Å². The van der Waals surface area contributed by atoms with Crippen molar-refractivity contribution in [3.63, 3.8) is 0 Å². The summed E-state index contributed by atoms with van der Waals surface area (Å²) < 4.78 is 29.4. The first-order valence-corrected chi connectivity index (χ1v) is 13.1. The van der Waals surface area contributed by atoms with Crippen LogP contribution in [0.4, 0.5) is 0 Å². The Labute approximate surface area is 218 Å². The van der Waals surface area contributed by atoms with E-state index in [0.29, 0.717) is 6.42 Å². The molecule has 2 unspecified atom stereocenters. The number of fused-ring (bicyclic) bond motifs is 3. The molecule has 2 bridgehead atoms. The molecule has 8 atom stereocenters. The number of hydrogen-bond donors (Lipinski definition) is 0. The summed E-state index contributed by atoms with van der Waals surface area (Å²) >= 11 is 0. The van der Waals surface area contributed by atoms with Crippen molar-refractivity contribution in [1.29, 1.82) is 0 Å². The number of ether oxygens (including phenoxy) is 4. The first kappa shape index (κ1) is 26.0.